The van der Waals surface area contributed by atoms with Crippen LogP contribution in [0.15, 0.2) is 5.16 Å². The maximum Gasteiger partial charge on any atom is 0.111 e. The average molecular weight is 364 g/mol. The highest BCUT2D eigenvalue weighted by atomic mass is 16.6. The lowest BCUT2D eigenvalue weighted by Crippen LogP contribution is -2.58. The third kappa shape index (κ3) is 2.37. The van der Waals surface area contributed by atoms with Crippen molar-refractivity contribution in [1.82, 2.24) is 0 Å². The van der Waals surface area contributed by atoms with Crippen LogP contribution in [-0.2, 0) is 4.84 Å². The highest BCUT2D eigenvalue weighted by Gasteiger charge is 2.65. The van der Waals surface area contributed by atoms with Gasteiger partial charge in [0.25, 0.3) is 0 Å². The Kier molecular flexibility index (Phi) is 4.47. The molecule has 0 heterocycles. The number of nitrogens with zero attached hydrogens (tertiary/aromatic N) is 1. The quantitative estimate of drug-likeness (QED) is 0.572. The van der Waals surface area contributed by atoms with Gasteiger partial charge in [-0.2, -0.15) is 0 Å². The van der Waals surface area contributed by atoms with E-state index < -0.39 is 5.60 Å². The Morgan fingerprint density at radius 2 is 1.73 bits per heavy atom. The van der Waals surface area contributed by atoms with E-state index in [-0.39, 0.29) is 11.5 Å². The summed E-state index contributed by atoms with van der Waals surface area (Å²) < 4.78 is 0. The molecule has 2 N–H and O–H groups in total. The molecule has 0 aromatic rings. The summed E-state index contributed by atoms with van der Waals surface area (Å²) in [5.74, 6) is 2.75. The predicted octanol–water partition coefficient (Wildman–Crippen LogP) is 4.14. The van der Waals surface area contributed by atoms with Crippen LogP contribution in [0.5, 0.6) is 0 Å². The first-order valence-corrected chi connectivity index (χ1v) is 10.7. The number of fused-ring (bicyclic) bond motifs is 5. The van der Waals surface area contributed by atoms with E-state index in [0.29, 0.717) is 17.3 Å². The Morgan fingerprint density at radius 1 is 1.00 bits per heavy atom. The van der Waals surface area contributed by atoms with E-state index in [0.717, 1.165) is 49.7 Å². The van der Waals surface area contributed by atoms with Crippen molar-refractivity contribution in [3.8, 4) is 0 Å². The number of oxime groups is 1. The smallest absolute Gasteiger partial charge is 0.111 e. The van der Waals surface area contributed by atoms with Crippen molar-refractivity contribution < 1.29 is 15.1 Å². The minimum atomic E-state index is -0.820. The second kappa shape index (κ2) is 6.20. The van der Waals surface area contributed by atoms with Gasteiger partial charge in [-0.15, -0.1) is 0 Å². The molecule has 0 spiro atoms. The molecule has 0 radical (unpaired) electrons. The molecule has 4 heteroatoms. The highest BCUT2D eigenvalue weighted by Crippen LogP contribution is 2.68. The molecule has 0 aliphatic heterocycles. The molecule has 0 bridgehead atoms. The van der Waals surface area contributed by atoms with E-state index in [2.05, 4.69) is 19.0 Å². The van der Waals surface area contributed by atoms with Gasteiger partial charge in [0.1, 0.15) is 12.7 Å². The van der Waals surface area contributed by atoms with Crippen molar-refractivity contribution in [3.63, 3.8) is 0 Å². The molecule has 0 amide bonds. The van der Waals surface area contributed by atoms with Gasteiger partial charge in [0.15, 0.2) is 0 Å². The van der Waals surface area contributed by atoms with E-state index in [1.807, 2.05) is 6.92 Å². The third-order valence-corrected chi connectivity index (χ3v) is 9.62. The predicted molar refractivity (Wildman–Crippen MR) is 103 cm³/mol. The summed E-state index contributed by atoms with van der Waals surface area (Å²) in [7, 11) is 1.57. The SMILES string of the molecule is CO/N=C(/C)[C@]1(O)CC[C@H]2[C@@H]3CC[C@H]4C[C@H](O)CC[C@]4(C)[C@H]3CC[C@@]21C. The van der Waals surface area contributed by atoms with E-state index in [9.17, 15) is 10.2 Å². The zero-order valence-electron chi connectivity index (χ0n) is 17.0. The van der Waals surface area contributed by atoms with Crippen LogP contribution in [0, 0.1) is 34.5 Å². The maximum absolute atomic E-state index is 11.6. The molecule has 4 rings (SSSR count). The molecule has 0 aromatic heterocycles. The van der Waals surface area contributed by atoms with Gasteiger partial charge in [0, 0.05) is 5.41 Å². The normalized spacial score (nSPS) is 54.2. The summed E-state index contributed by atoms with van der Waals surface area (Å²) >= 11 is 0. The molecular formula is C22H37NO3. The summed E-state index contributed by atoms with van der Waals surface area (Å²) in [6, 6.07) is 0. The molecule has 4 nitrogen and oxygen atoms in total. The highest BCUT2D eigenvalue weighted by molar-refractivity contribution is 5.91. The summed E-state index contributed by atoms with van der Waals surface area (Å²) in [4.78, 5) is 5.01. The monoisotopic (exact) mass is 363 g/mol. The molecule has 148 valence electrons. The van der Waals surface area contributed by atoms with Crippen LogP contribution in [0.3, 0.4) is 0 Å². The Labute approximate surface area is 158 Å². The lowest BCUT2D eigenvalue weighted by Gasteiger charge is -2.61. The van der Waals surface area contributed by atoms with Crippen molar-refractivity contribution in [2.75, 3.05) is 7.11 Å². The Balaban J connectivity index is 1.63. The fourth-order valence-corrected chi connectivity index (χ4v) is 8.06. The lowest BCUT2D eigenvalue weighted by atomic mass is 9.44. The minimum Gasteiger partial charge on any atom is -0.399 e. The van der Waals surface area contributed by atoms with Crippen LogP contribution in [0.1, 0.15) is 78.6 Å². The number of aliphatic hydroxyl groups is 2. The van der Waals surface area contributed by atoms with E-state index in [1.54, 1.807) is 7.11 Å². The largest absolute Gasteiger partial charge is 0.399 e. The molecular weight excluding hydrogens is 326 g/mol. The van der Waals surface area contributed by atoms with Gasteiger partial charge in [-0.1, -0.05) is 19.0 Å². The molecule has 4 saturated carbocycles. The number of hydrogen-bond acceptors (Lipinski definition) is 4. The van der Waals surface area contributed by atoms with Crippen LogP contribution < -0.4 is 0 Å². The van der Waals surface area contributed by atoms with Crippen molar-refractivity contribution in [3.05, 3.63) is 0 Å². The second-order valence-corrected chi connectivity index (χ2v) is 10.3. The third-order valence-electron chi connectivity index (χ3n) is 9.62. The van der Waals surface area contributed by atoms with Crippen molar-refractivity contribution in [1.29, 1.82) is 0 Å². The lowest BCUT2D eigenvalue weighted by molar-refractivity contribution is -0.143. The Hall–Kier alpha value is -0.610. The summed E-state index contributed by atoms with van der Waals surface area (Å²) in [6.07, 6.45) is 9.82. The Bertz CT molecular complexity index is 592. The first-order valence-electron chi connectivity index (χ1n) is 10.7. The van der Waals surface area contributed by atoms with Gasteiger partial charge in [-0.25, -0.2) is 0 Å². The first-order chi connectivity index (χ1) is 12.3. The molecule has 0 saturated heterocycles. The Morgan fingerprint density at radius 3 is 2.46 bits per heavy atom. The van der Waals surface area contributed by atoms with Crippen molar-refractivity contribution >= 4 is 5.71 Å². The maximum atomic E-state index is 11.6. The van der Waals surface area contributed by atoms with Gasteiger partial charge in [0.05, 0.1) is 11.8 Å². The van der Waals surface area contributed by atoms with Crippen LogP contribution in [0.2, 0.25) is 0 Å². The van der Waals surface area contributed by atoms with Gasteiger partial charge in [-0.05, 0) is 93.8 Å². The minimum absolute atomic E-state index is 0.0806. The molecule has 0 unspecified atom stereocenters. The number of aliphatic hydroxyl groups excluding tert-OH is 1. The summed E-state index contributed by atoms with van der Waals surface area (Å²) in [5, 5.41) is 25.9. The summed E-state index contributed by atoms with van der Waals surface area (Å²) in [5.41, 5.74) is 0.237. The summed E-state index contributed by atoms with van der Waals surface area (Å²) in [6.45, 7) is 6.76. The molecule has 4 aliphatic rings. The first kappa shape index (κ1) is 18.7. The van der Waals surface area contributed by atoms with Crippen LogP contribution in [-0.4, -0.2) is 34.7 Å². The van der Waals surface area contributed by atoms with Gasteiger partial charge in [0.2, 0.25) is 0 Å². The standard InChI is InChI=1S/C22H37NO3/c1-14(23-26-4)22(25)12-9-19-17-6-5-15-13-16(24)7-10-20(15,2)18(17)8-11-21(19,22)3/h15-19,24-25H,5-13H2,1-4H3/b23-14-/t15-,16+,17+,18-,19-,20-,21-,22+/m0/s1. The molecule has 8 atom stereocenters. The van der Waals surface area contributed by atoms with Crippen molar-refractivity contribution in [2.24, 2.45) is 39.7 Å². The number of hydrogen-bond donors (Lipinski definition) is 2. The van der Waals surface area contributed by atoms with Crippen LogP contribution >= 0.6 is 0 Å². The molecule has 0 aromatic carbocycles. The molecule has 4 aliphatic carbocycles. The van der Waals surface area contributed by atoms with Gasteiger partial charge < -0.3 is 15.1 Å². The molecule has 4 fully saturated rings. The fraction of sp³-hybridized carbons (Fsp3) is 0.955. The zero-order chi connectivity index (χ0) is 18.7. The second-order valence-electron chi connectivity index (χ2n) is 10.3. The van der Waals surface area contributed by atoms with Gasteiger partial charge >= 0.3 is 0 Å². The van der Waals surface area contributed by atoms with E-state index in [1.165, 1.54) is 25.7 Å². The van der Waals surface area contributed by atoms with Gasteiger partial charge in [-0.3, -0.25) is 0 Å². The fourth-order valence-electron chi connectivity index (χ4n) is 8.06. The topological polar surface area (TPSA) is 62.0 Å². The van der Waals surface area contributed by atoms with Crippen LogP contribution in [0.4, 0.5) is 0 Å². The average Bonchev–Trinajstić information content (AvgIpc) is 2.88. The molecule has 26 heavy (non-hydrogen) atoms. The number of rotatable bonds is 2. The van der Waals surface area contributed by atoms with E-state index >= 15 is 0 Å². The van der Waals surface area contributed by atoms with E-state index in [4.69, 9.17) is 4.84 Å². The van der Waals surface area contributed by atoms with Crippen molar-refractivity contribution in [2.45, 2.75) is 90.3 Å². The zero-order valence-corrected chi connectivity index (χ0v) is 17.0. The van der Waals surface area contributed by atoms with Crippen LogP contribution in [0.25, 0.3) is 0 Å².